The lowest BCUT2D eigenvalue weighted by molar-refractivity contribution is 0.394. The van der Waals surface area contributed by atoms with Gasteiger partial charge in [-0.2, -0.15) is 0 Å². The molecule has 1 aromatic carbocycles. The van der Waals surface area contributed by atoms with Crippen molar-refractivity contribution in [3.8, 4) is 5.75 Å². The van der Waals surface area contributed by atoms with Crippen molar-refractivity contribution < 1.29 is 4.74 Å². The average Bonchev–Trinajstić information content (AvgIpc) is 2.15. The Hall–Kier alpha value is -0.630. The highest BCUT2D eigenvalue weighted by Gasteiger charge is 2.23. The Kier molecular flexibility index (Phi) is 3.72. The molecule has 84 valence electrons. The first-order valence-electron chi connectivity index (χ1n) is 5.14. The highest BCUT2D eigenvalue weighted by molar-refractivity contribution is 7.98. The third-order valence-electron chi connectivity index (χ3n) is 2.49. The molecule has 1 rings (SSSR count). The van der Waals surface area contributed by atoms with Crippen LogP contribution in [-0.2, 0) is 5.41 Å². The first-order valence-corrected chi connectivity index (χ1v) is 6.36. The van der Waals surface area contributed by atoms with Crippen LogP contribution in [-0.4, -0.2) is 13.4 Å². The zero-order valence-corrected chi connectivity index (χ0v) is 11.3. The molecule has 0 aromatic heterocycles. The van der Waals surface area contributed by atoms with Crippen LogP contribution in [0, 0.1) is 6.92 Å². The summed E-state index contributed by atoms with van der Waals surface area (Å²) in [4.78, 5) is 1.35. The molecule has 0 aliphatic rings. The smallest absolute Gasteiger partial charge is 0.123 e. The summed E-state index contributed by atoms with van der Waals surface area (Å²) >= 11 is 1.80. The van der Waals surface area contributed by atoms with E-state index in [2.05, 4.69) is 46.1 Å². The van der Waals surface area contributed by atoms with Crippen LogP contribution in [0.3, 0.4) is 0 Å². The summed E-state index contributed by atoms with van der Waals surface area (Å²) < 4.78 is 5.46. The van der Waals surface area contributed by atoms with Gasteiger partial charge in [0.05, 0.1) is 7.11 Å². The van der Waals surface area contributed by atoms with Crippen molar-refractivity contribution in [3.05, 3.63) is 23.3 Å². The highest BCUT2D eigenvalue weighted by atomic mass is 32.2. The maximum Gasteiger partial charge on any atom is 0.123 e. The van der Waals surface area contributed by atoms with Crippen LogP contribution < -0.4 is 4.74 Å². The normalized spacial score (nSPS) is 11.6. The molecule has 0 aliphatic carbocycles. The van der Waals surface area contributed by atoms with Gasteiger partial charge in [0.2, 0.25) is 0 Å². The van der Waals surface area contributed by atoms with Gasteiger partial charge in [-0.15, -0.1) is 11.8 Å². The van der Waals surface area contributed by atoms with Crippen molar-refractivity contribution in [3.63, 3.8) is 0 Å². The van der Waals surface area contributed by atoms with E-state index in [1.807, 2.05) is 0 Å². The molecule has 0 heterocycles. The summed E-state index contributed by atoms with van der Waals surface area (Å²) in [7, 11) is 1.74. The molecule has 0 unspecified atom stereocenters. The lowest BCUT2D eigenvalue weighted by Gasteiger charge is -2.26. The predicted octanol–water partition coefficient (Wildman–Crippen LogP) is 4.02. The van der Waals surface area contributed by atoms with Crippen molar-refractivity contribution in [2.45, 2.75) is 38.0 Å². The quantitative estimate of drug-likeness (QED) is 0.702. The van der Waals surface area contributed by atoms with Crippen LogP contribution in [0.4, 0.5) is 0 Å². The molecule has 0 atom stereocenters. The number of benzene rings is 1. The van der Waals surface area contributed by atoms with Crippen LogP contribution >= 0.6 is 11.8 Å². The van der Waals surface area contributed by atoms with E-state index in [9.17, 15) is 0 Å². The second-order valence-electron chi connectivity index (χ2n) is 4.74. The van der Waals surface area contributed by atoms with Gasteiger partial charge in [-0.05, 0) is 30.2 Å². The fraction of sp³-hybridized carbons (Fsp3) is 0.538. The molecule has 2 heteroatoms. The molecule has 0 bridgehead atoms. The number of thioether (sulfide) groups is 1. The molecule has 0 fully saturated rings. The van der Waals surface area contributed by atoms with Crippen LogP contribution in [0.25, 0.3) is 0 Å². The minimum Gasteiger partial charge on any atom is -0.496 e. The minimum absolute atomic E-state index is 0.121. The van der Waals surface area contributed by atoms with Gasteiger partial charge in [-0.25, -0.2) is 0 Å². The number of methoxy groups -OCH3 is 1. The summed E-state index contributed by atoms with van der Waals surface area (Å²) in [6.07, 6.45) is 2.12. The molecule has 0 saturated heterocycles. The largest absolute Gasteiger partial charge is 0.496 e. The third kappa shape index (κ3) is 2.49. The van der Waals surface area contributed by atoms with E-state index in [-0.39, 0.29) is 5.41 Å². The van der Waals surface area contributed by atoms with Gasteiger partial charge in [-0.1, -0.05) is 26.8 Å². The summed E-state index contributed by atoms with van der Waals surface area (Å²) in [5.74, 6) is 0.998. The molecule has 0 radical (unpaired) electrons. The van der Waals surface area contributed by atoms with Gasteiger partial charge < -0.3 is 4.74 Å². The van der Waals surface area contributed by atoms with E-state index in [4.69, 9.17) is 4.74 Å². The van der Waals surface area contributed by atoms with E-state index in [0.717, 1.165) is 5.75 Å². The summed E-state index contributed by atoms with van der Waals surface area (Å²) in [5, 5.41) is 0. The van der Waals surface area contributed by atoms with Crippen molar-refractivity contribution in [2.24, 2.45) is 0 Å². The van der Waals surface area contributed by atoms with Gasteiger partial charge >= 0.3 is 0 Å². The third-order valence-corrected chi connectivity index (χ3v) is 3.42. The van der Waals surface area contributed by atoms with Crippen molar-refractivity contribution in [1.29, 1.82) is 0 Å². The molecule has 0 aliphatic heterocycles. The zero-order chi connectivity index (χ0) is 11.6. The van der Waals surface area contributed by atoms with Crippen LogP contribution in [0.15, 0.2) is 17.0 Å². The Morgan fingerprint density at radius 1 is 1.20 bits per heavy atom. The topological polar surface area (TPSA) is 9.23 Å². The Labute approximate surface area is 97.2 Å². The molecule has 15 heavy (non-hydrogen) atoms. The summed E-state index contributed by atoms with van der Waals surface area (Å²) in [6.45, 7) is 8.83. The zero-order valence-electron chi connectivity index (χ0n) is 10.5. The molecule has 0 spiro atoms. The molecule has 1 nitrogen and oxygen atoms in total. The number of hydrogen-bond donors (Lipinski definition) is 0. The summed E-state index contributed by atoms with van der Waals surface area (Å²) in [5.41, 5.74) is 2.76. The number of aryl methyl sites for hydroxylation is 1. The lowest BCUT2D eigenvalue weighted by atomic mass is 9.85. The van der Waals surface area contributed by atoms with Crippen LogP contribution in [0.2, 0.25) is 0 Å². The maximum absolute atomic E-state index is 5.46. The Morgan fingerprint density at radius 2 is 1.80 bits per heavy atom. The number of rotatable bonds is 2. The van der Waals surface area contributed by atoms with Crippen molar-refractivity contribution in [1.82, 2.24) is 0 Å². The van der Waals surface area contributed by atoms with E-state index >= 15 is 0 Å². The average molecular weight is 224 g/mol. The van der Waals surface area contributed by atoms with E-state index < -0.39 is 0 Å². The second-order valence-corrected chi connectivity index (χ2v) is 5.56. The second kappa shape index (κ2) is 4.48. The first-order chi connectivity index (χ1) is 6.91. The summed E-state index contributed by atoms with van der Waals surface area (Å²) in [6, 6.07) is 4.19. The fourth-order valence-electron chi connectivity index (χ4n) is 1.81. The van der Waals surface area contributed by atoms with Gasteiger partial charge in [0.15, 0.2) is 0 Å². The highest BCUT2D eigenvalue weighted by Crippen LogP contribution is 2.40. The Balaban J connectivity index is 3.48. The van der Waals surface area contributed by atoms with Crippen molar-refractivity contribution in [2.75, 3.05) is 13.4 Å². The molecule has 0 saturated carbocycles. The van der Waals surface area contributed by atoms with E-state index in [0.29, 0.717) is 0 Å². The minimum atomic E-state index is 0.121. The number of hydrogen-bond acceptors (Lipinski definition) is 2. The molecular weight excluding hydrogens is 204 g/mol. The molecule has 0 N–H and O–H groups in total. The SMILES string of the molecule is COc1ccc(C)c(SC)c1C(C)(C)C. The maximum atomic E-state index is 5.46. The van der Waals surface area contributed by atoms with Gasteiger partial charge in [0.1, 0.15) is 5.75 Å². The standard InChI is InChI=1S/C13H20OS/c1-9-7-8-10(14-5)11(12(9)15-6)13(2,3)4/h7-8H,1-6H3. The first kappa shape index (κ1) is 12.4. The molecule has 0 amide bonds. The Bertz CT molecular complexity index is 350. The van der Waals surface area contributed by atoms with Gasteiger partial charge in [0.25, 0.3) is 0 Å². The van der Waals surface area contributed by atoms with E-state index in [1.165, 1.54) is 16.0 Å². The monoisotopic (exact) mass is 224 g/mol. The van der Waals surface area contributed by atoms with Gasteiger partial charge in [-0.3, -0.25) is 0 Å². The lowest BCUT2D eigenvalue weighted by Crippen LogP contribution is -2.15. The predicted molar refractivity (Wildman–Crippen MR) is 68.2 cm³/mol. The van der Waals surface area contributed by atoms with Crippen LogP contribution in [0.5, 0.6) is 5.75 Å². The van der Waals surface area contributed by atoms with Crippen molar-refractivity contribution >= 4 is 11.8 Å². The molecule has 1 aromatic rings. The van der Waals surface area contributed by atoms with E-state index in [1.54, 1.807) is 18.9 Å². The number of ether oxygens (including phenoxy) is 1. The van der Waals surface area contributed by atoms with Crippen LogP contribution in [0.1, 0.15) is 31.9 Å². The molecular formula is C13H20OS. The Morgan fingerprint density at radius 3 is 2.20 bits per heavy atom. The van der Waals surface area contributed by atoms with Gasteiger partial charge in [0, 0.05) is 10.5 Å². The fourth-order valence-corrected chi connectivity index (χ4v) is 2.81.